The third-order valence-electron chi connectivity index (χ3n) is 6.22. The SMILES string of the molecule is CCC(CNC(=NC)NCC1CC(=O)N(CCc2ccccc2)C1)N1CCCC1. The van der Waals surface area contributed by atoms with E-state index in [-0.39, 0.29) is 5.91 Å². The molecule has 0 saturated carbocycles. The molecule has 29 heavy (non-hydrogen) atoms. The van der Waals surface area contributed by atoms with Crippen LogP contribution in [-0.2, 0) is 11.2 Å². The van der Waals surface area contributed by atoms with E-state index in [0.29, 0.717) is 18.4 Å². The number of nitrogens with zero attached hydrogens (tertiary/aromatic N) is 3. The first-order chi connectivity index (χ1) is 14.2. The van der Waals surface area contributed by atoms with Gasteiger partial charge in [-0.1, -0.05) is 37.3 Å². The van der Waals surface area contributed by atoms with Crippen molar-refractivity contribution in [3.05, 3.63) is 35.9 Å². The Labute approximate surface area is 175 Å². The van der Waals surface area contributed by atoms with E-state index in [2.05, 4.69) is 51.7 Å². The van der Waals surface area contributed by atoms with Crippen LogP contribution in [0.15, 0.2) is 35.3 Å². The predicted octanol–water partition coefficient (Wildman–Crippen LogP) is 2.12. The maximum atomic E-state index is 12.4. The molecule has 2 fully saturated rings. The van der Waals surface area contributed by atoms with E-state index in [1.807, 2.05) is 18.0 Å². The molecule has 0 aromatic heterocycles. The van der Waals surface area contributed by atoms with Gasteiger partial charge in [-0.05, 0) is 44.3 Å². The lowest BCUT2D eigenvalue weighted by atomic mass is 10.1. The fourth-order valence-electron chi connectivity index (χ4n) is 4.43. The molecule has 0 spiro atoms. The first-order valence-electron chi connectivity index (χ1n) is 11.2. The Hall–Kier alpha value is -2.08. The third kappa shape index (κ3) is 6.46. The van der Waals surface area contributed by atoms with Crippen LogP contribution in [0.5, 0.6) is 0 Å². The fraction of sp³-hybridized carbons (Fsp3) is 0.652. The van der Waals surface area contributed by atoms with Crippen molar-refractivity contribution in [3.63, 3.8) is 0 Å². The molecule has 0 aliphatic carbocycles. The van der Waals surface area contributed by atoms with Crippen LogP contribution in [0.3, 0.4) is 0 Å². The standard InChI is InChI=1S/C23H37N5O/c1-3-21(27-12-7-8-13-27)17-26-23(24-2)25-16-20-15-22(29)28(18-20)14-11-19-9-5-4-6-10-19/h4-6,9-10,20-21H,3,7-8,11-18H2,1-2H3,(H2,24,25,26). The van der Waals surface area contributed by atoms with Crippen LogP contribution in [-0.4, -0.2) is 74.0 Å². The number of carbonyl (C=O) groups excluding carboxylic acids is 1. The van der Waals surface area contributed by atoms with E-state index < -0.39 is 0 Å². The Morgan fingerprint density at radius 3 is 2.66 bits per heavy atom. The van der Waals surface area contributed by atoms with Crippen molar-refractivity contribution < 1.29 is 4.79 Å². The Kier molecular flexibility index (Phi) is 8.35. The Morgan fingerprint density at radius 2 is 1.97 bits per heavy atom. The zero-order valence-electron chi connectivity index (χ0n) is 18.1. The van der Waals surface area contributed by atoms with E-state index in [1.54, 1.807) is 0 Å². The summed E-state index contributed by atoms with van der Waals surface area (Å²) in [6.07, 6.45) is 5.34. The van der Waals surface area contributed by atoms with Gasteiger partial charge in [-0.15, -0.1) is 0 Å². The summed E-state index contributed by atoms with van der Waals surface area (Å²) in [5, 5.41) is 6.93. The van der Waals surface area contributed by atoms with Crippen molar-refractivity contribution in [2.24, 2.45) is 10.9 Å². The van der Waals surface area contributed by atoms with Crippen LogP contribution in [0.2, 0.25) is 0 Å². The Bertz CT molecular complexity index is 656. The van der Waals surface area contributed by atoms with Crippen LogP contribution in [0, 0.1) is 5.92 Å². The first-order valence-corrected chi connectivity index (χ1v) is 11.2. The lowest BCUT2D eigenvalue weighted by molar-refractivity contribution is -0.127. The van der Waals surface area contributed by atoms with Crippen LogP contribution < -0.4 is 10.6 Å². The van der Waals surface area contributed by atoms with E-state index in [0.717, 1.165) is 45.0 Å². The molecule has 2 N–H and O–H groups in total. The number of carbonyl (C=O) groups is 1. The molecule has 160 valence electrons. The number of guanidine groups is 1. The van der Waals surface area contributed by atoms with Gasteiger partial charge in [0.1, 0.15) is 0 Å². The summed E-state index contributed by atoms with van der Waals surface area (Å²) in [5.74, 6) is 1.46. The summed E-state index contributed by atoms with van der Waals surface area (Å²) < 4.78 is 0. The highest BCUT2D eigenvalue weighted by molar-refractivity contribution is 5.80. The number of aliphatic imine (C=N–C) groups is 1. The maximum Gasteiger partial charge on any atom is 0.223 e. The molecule has 3 rings (SSSR count). The normalized spacial score (nSPS) is 21.6. The molecule has 1 aromatic rings. The smallest absolute Gasteiger partial charge is 0.223 e. The zero-order valence-corrected chi connectivity index (χ0v) is 18.1. The van der Waals surface area contributed by atoms with Gasteiger partial charge in [-0.25, -0.2) is 0 Å². The fourth-order valence-corrected chi connectivity index (χ4v) is 4.43. The monoisotopic (exact) mass is 399 g/mol. The van der Waals surface area contributed by atoms with Gasteiger partial charge in [0.25, 0.3) is 0 Å². The summed E-state index contributed by atoms with van der Waals surface area (Å²) in [4.78, 5) is 21.3. The summed E-state index contributed by atoms with van der Waals surface area (Å²) >= 11 is 0. The molecule has 0 radical (unpaired) electrons. The number of benzene rings is 1. The number of amides is 1. The van der Waals surface area contributed by atoms with E-state index in [4.69, 9.17) is 0 Å². The van der Waals surface area contributed by atoms with Crippen LogP contribution in [0.25, 0.3) is 0 Å². The average Bonchev–Trinajstić information content (AvgIpc) is 3.40. The van der Waals surface area contributed by atoms with E-state index >= 15 is 0 Å². The molecule has 1 aromatic carbocycles. The van der Waals surface area contributed by atoms with Gasteiger partial charge in [0.2, 0.25) is 5.91 Å². The van der Waals surface area contributed by atoms with Crippen molar-refractivity contribution in [2.45, 2.75) is 45.1 Å². The van der Waals surface area contributed by atoms with Crippen molar-refractivity contribution in [2.75, 3.05) is 46.3 Å². The molecule has 0 bridgehead atoms. The van der Waals surface area contributed by atoms with E-state index in [1.165, 1.54) is 31.5 Å². The predicted molar refractivity (Wildman–Crippen MR) is 119 cm³/mol. The number of likely N-dealkylation sites (tertiary alicyclic amines) is 2. The summed E-state index contributed by atoms with van der Waals surface area (Å²) in [6, 6.07) is 11.0. The largest absolute Gasteiger partial charge is 0.356 e. The number of nitrogens with one attached hydrogen (secondary N) is 2. The molecular formula is C23H37N5O. The van der Waals surface area contributed by atoms with Gasteiger partial charge >= 0.3 is 0 Å². The summed E-state index contributed by atoms with van der Waals surface area (Å²) in [6.45, 7) is 8.04. The van der Waals surface area contributed by atoms with Crippen molar-refractivity contribution in [1.82, 2.24) is 20.4 Å². The highest BCUT2D eigenvalue weighted by Crippen LogP contribution is 2.18. The van der Waals surface area contributed by atoms with Crippen molar-refractivity contribution in [1.29, 1.82) is 0 Å². The highest BCUT2D eigenvalue weighted by Gasteiger charge is 2.29. The zero-order chi connectivity index (χ0) is 20.5. The molecule has 1 amide bonds. The van der Waals surface area contributed by atoms with E-state index in [9.17, 15) is 4.79 Å². The minimum absolute atomic E-state index is 0.274. The van der Waals surface area contributed by atoms with Crippen LogP contribution >= 0.6 is 0 Å². The topological polar surface area (TPSA) is 60.0 Å². The minimum Gasteiger partial charge on any atom is -0.356 e. The van der Waals surface area contributed by atoms with Gasteiger partial charge in [0.15, 0.2) is 5.96 Å². The van der Waals surface area contributed by atoms with Crippen molar-refractivity contribution in [3.8, 4) is 0 Å². The van der Waals surface area contributed by atoms with Gasteiger partial charge < -0.3 is 15.5 Å². The first kappa shape index (κ1) is 21.6. The molecule has 2 aliphatic heterocycles. The second-order valence-corrected chi connectivity index (χ2v) is 8.28. The molecule has 2 heterocycles. The lowest BCUT2D eigenvalue weighted by Crippen LogP contribution is -2.47. The maximum absolute atomic E-state index is 12.4. The molecule has 2 unspecified atom stereocenters. The minimum atomic E-state index is 0.274. The molecule has 6 nitrogen and oxygen atoms in total. The molecule has 6 heteroatoms. The van der Waals surface area contributed by atoms with Gasteiger partial charge in [0, 0.05) is 51.6 Å². The molecule has 2 saturated heterocycles. The third-order valence-corrected chi connectivity index (χ3v) is 6.22. The second-order valence-electron chi connectivity index (χ2n) is 8.28. The number of rotatable bonds is 9. The molecular weight excluding hydrogens is 362 g/mol. The highest BCUT2D eigenvalue weighted by atomic mass is 16.2. The van der Waals surface area contributed by atoms with Gasteiger partial charge in [-0.3, -0.25) is 14.7 Å². The second kappa shape index (κ2) is 11.2. The number of hydrogen-bond donors (Lipinski definition) is 2. The molecule has 2 aliphatic rings. The Morgan fingerprint density at radius 1 is 1.21 bits per heavy atom. The van der Waals surface area contributed by atoms with Gasteiger partial charge in [0.05, 0.1) is 0 Å². The average molecular weight is 400 g/mol. The summed E-state index contributed by atoms with van der Waals surface area (Å²) in [5.41, 5.74) is 1.29. The lowest BCUT2D eigenvalue weighted by Gasteiger charge is -2.27. The Balaban J connectivity index is 1.38. The van der Waals surface area contributed by atoms with Crippen LogP contribution in [0.4, 0.5) is 0 Å². The number of hydrogen-bond acceptors (Lipinski definition) is 3. The van der Waals surface area contributed by atoms with Crippen molar-refractivity contribution >= 4 is 11.9 Å². The molecule has 2 atom stereocenters. The summed E-state index contributed by atoms with van der Waals surface area (Å²) in [7, 11) is 1.82. The van der Waals surface area contributed by atoms with Gasteiger partial charge in [-0.2, -0.15) is 0 Å². The van der Waals surface area contributed by atoms with Crippen LogP contribution in [0.1, 0.15) is 38.2 Å². The quantitative estimate of drug-likeness (QED) is 0.493.